The van der Waals surface area contributed by atoms with Gasteiger partial charge in [0.05, 0.1) is 0 Å². The first-order valence-corrected chi connectivity index (χ1v) is 6.91. The van der Waals surface area contributed by atoms with Gasteiger partial charge in [0.15, 0.2) is 0 Å². The fourth-order valence-corrected chi connectivity index (χ4v) is 1.82. The van der Waals surface area contributed by atoms with E-state index in [0.717, 1.165) is 31.8 Å². The van der Waals surface area contributed by atoms with E-state index >= 15 is 0 Å². The molecule has 0 amide bonds. The van der Waals surface area contributed by atoms with Crippen molar-refractivity contribution in [3.63, 3.8) is 0 Å². The van der Waals surface area contributed by atoms with Crippen LogP contribution in [-0.2, 0) is 0 Å². The zero-order valence-electron chi connectivity index (χ0n) is 12.6. The van der Waals surface area contributed by atoms with Gasteiger partial charge in [0.1, 0.15) is 12.4 Å². The summed E-state index contributed by atoms with van der Waals surface area (Å²) < 4.78 is 5.62. The number of hydrogen-bond acceptors (Lipinski definition) is 5. The van der Waals surface area contributed by atoms with Gasteiger partial charge in [-0.3, -0.25) is 0 Å². The monoisotopic (exact) mass is 280 g/mol. The van der Waals surface area contributed by atoms with E-state index in [1.165, 1.54) is 0 Å². The minimum absolute atomic E-state index is 0.471. The Kier molecular flexibility index (Phi) is 7.61. The van der Waals surface area contributed by atoms with E-state index in [1.807, 2.05) is 0 Å². The van der Waals surface area contributed by atoms with Crippen LogP contribution in [0.3, 0.4) is 0 Å². The molecule has 20 heavy (non-hydrogen) atoms. The van der Waals surface area contributed by atoms with Gasteiger partial charge in [-0.25, -0.2) is 0 Å². The Morgan fingerprint density at radius 2 is 1.65 bits per heavy atom. The maximum atomic E-state index is 8.99. The molecule has 0 heterocycles. The molecule has 0 atom stereocenters. The zero-order chi connectivity index (χ0) is 15.0. The van der Waals surface area contributed by atoms with Crippen LogP contribution < -0.4 is 10.2 Å². The van der Waals surface area contributed by atoms with E-state index in [1.54, 1.807) is 24.3 Å². The topological polar surface area (TPSA) is 56.2 Å². The highest BCUT2D eigenvalue weighted by Crippen LogP contribution is 2.07. The molecule has 0 aromatic heterocycles. The van der Waals surface area contributed by atoms with Crippen LogP contribution in [0, 0.1) is 0 Å². The van der Waals surface area contributed by atoms with Gasteiger partial charge < -0.3 is 24.6 Å². The van der Waals surface area contributed by atoms with Gasteiger partial charge >= 0.3 is 7.12 Å². The molecule has 112 valence electrons. The Balaban J connectivity index is 2.19. The van der Waals surface area contributed by atoms with Crippen molar-refractivity contribution < 1.29 is 14.8 Å². The Morgan fingerprint density at radius 1 is 1.00 bits per heavy atom. The molecule has 0 aliphatic heterocycles. The Bertz CT molecular complexity index is 371. The maximum absolute atomic E-state index is 8.99. The van der Waals surface area contributed by atoms with Crippen molar-refractivity contribution >= 4 is 12.6 Å². The molecule has 0 fully saturated rings. The summed E-state index contributed by atoms with van der Waals surface area (Å²) >= 11 is 0. The third kappa shape index (κ3) is 6.91. The smallest absolute Gasteiger partial charge is 0.488 e. The molecule has 6 heteroatoms. The lowest BCUT2D eigenvalue weighted by Gasteiger charge is -2.18. The number of nitrogens with zero attached hydrogens (tertiary/aromatic N) is 2. The van der Waals surface area contributed by atoms with Crippen molar-refractivity contribution in [3.05, 3.63) is 24.3 Å². The van der Waals surface area contributed by atoms with Crippen LogP contribution >= 0.6 is 0 Å². The number of benzene rings is 1. The summed E-state index contributed by atoms with van der Waals surface area (Å²) in [5, 5.41) is 18.0. The molecule has 1 aromatic carbocycles. The maximum Gasteiger partial charge on any atom is 0.488 e. The minimum atomic E-state index is -1.42. The zero-order valence-corrected chi connectivity index (χ0v) is 12.6. The van der Waals surface area contributed by atoms with Crippen molar-refractivity contribution in [1.82, 2.24) is 9.80 Å². The normalized spacial score (nSPS) is 11.2. The third-order valence-corrected chi connectivity index (χ3v) is 3.07. The van der Waals surface area contributed by atoms with Gasteiger partial charge in [-0.1, -0.05) is 12.1 Å². The molecular formula is C14H25BN2O3. The lowest BCUT2D eigenvalue weighted by molar-refractivity contribution is 0.229. The molecule has 0 unspecified atom stereocenters. The van der Waals surface area contributed by atoms with E-state index < -0.39 is 7.12 Å². The van der Waals surface area contributed by atoms with Crippen molar-refractivity contribution in [2.45, 2.75) is 6.42 Å². The first-order chi connectivity index (χ1) is 9.49. The van der Waals surface area contributed by atoms with Crippen LogP contribution in [0.25, 0.3) is 0 Å². The van der Waals surface area contributed by atoms with Crippen LogP contribution in [-0.4, -0.2) is 74.4 Å². The summed E-state index contributed by atoms with van der Waals surface area (Å²) in [7, 11) is 4.82. The number of ether oxygens (including phenoxy) is 1. The highest BCUT2D eigenvalue weighted by molar-refractivity contribution is 6.58. The number of rotatable bonds is 9. The lowest BCUT2D eigenvalue weighted by atomic mass is 9.80. The van der Waals surface area contributed by atoms with Crippen molar-refractivity contribution in [3.8, 4) is 5.75 Å². The van der Waals surface area contributed by atoms with Gasteiger partial charge in [0.2, 0.25) is 0 Å². The molecule has 0 radical (unpaired) electrons. The molecule has 0 aliphatic carbocycles. The highest BCUT2D eigenvalue weighted by atomic mass is 16.5. The summed E-state index contributed by atoms with van der Waals surface area (Å²) in [6, 6.07) is 6.81. The first-order valence-electron chi connectivity index (χ1n) is 6.91. The fourth-order valence-electron chi connectivity index (χ4n) is 1.82. The van der Waals surface area contributed by atoms with E-state index in [4.69, 9.17) is 14.8 Å². The van der Waals surface area contributed by atoms with Crippen molar-refractivity contribution in [1.29, 1.82) is 0 Å². The van der Waals surface area contributed by atoms with Crippen LogP contribution in [0.5, 0.6) is 5.75 Å². The second kappa shape index (κ2) is 8.97. The van der Waals surface area contributed by atoms with Gasteiger partial charge in [-0.05, 0) is 58.2 Å². The average Bonchev–Trinajstić information content (AvgIpc) is 2.39. The SMILES string of the molecule is CN(C)CCCN(C)CCOc1ccc(B(O)O)cc1. The Morgan fingerprint density at radius 3 is 2.20 bits per heavy atom. The summed E-state index contributed by atoms with van der Waals surface area (Å²) in [4.78, 5) is 4.43. The summed E-state index contributed by atoms with van der Waals surface area (Å²) in [5.74, 6) is 0.746. The van der Waals surface area contributed by atoms with Crippen LogP contribution in [0.4, 0.5) is 0 Å². The summed E-state index contributed by atoms with van der Waals surface area (Å²) in [5.41, 5.74) is 0.471. The molecule has 0 spiro atoms. The summed E-state index contributed by atoms with van der Waals surface area (Å²) in [6.07, 6.45) is 1.15. The second-order valence-corrected chi connectivity index (χ2v) is 5.25. The average molecular weight is 280 g/mol. The van der Waals surface area contributed by atoms with Crippen molar-refractivity contribution in [2.75, 3.05) is 47.4 Å². The molecule has 2 N–H and O–H groups in total. The highest BCUT2D eigenvalue weighted by Gasteiger charge is 2.09. The van der Waals surface area contributed by atoms with Gasteiger partial charge in [0.25, 0.3) is 0 Å². The number of hydrogen-bond donors (Lipinski definition) is 2. The third-order valence-electron chi connectivity index (χ3n) is 3.07. The van der Waals surface area contributed by atoms with E-state index in [9.17, 15) is 0 Å². The van der Waals surface area contributed by atoms with Gasteiger partial charge in [0, 0.05) is 6.54 Å². The Hall–Kier alpha value is -1.08. The van der Waals surface area contributed by atoms with Crippen LogP contribution in [0.2, 0.25) is 0 Å². The standard InChI is InChI=1S/C14H25BN2O3/c1-16(2)9-4-10-17(3)11-12-20-14-7-5-13(6-8-14)15(18)19/h5-8,18-19H,4,9-12H2,1-3H3. The Labute approximate surface area is 121 Å². The molecule has 0 saturated heterocycles. The van der Waals surface area contributed by atoms with E-state index in [0.29, 0.717) is 12.1 Å². The second-order valence-electron chi connectivity index (χ2n) is 5.25. The molecule has 0 aliphatic rings. The molecular weight excluding hydrogens is 255 g/mol. The fraction of sp³-hybridized carbons (Fsp3) is 0.571. The summed E-state index contributed by atoms with van der Waals surface area (Å²) in [6.45, 7) is 3.64. The van der Waals surface area contributed by atoms with Crippen molar-refractivity contribution in [2.24, 2.45) is 0 Å². The largest absolute Gasteiger partial charge is 0.492 e. The molecule has 0 bridgehead atoms. The molecule has 0 saturated carbocycles. The predicted molar refractivity (Wildman–Crippen MR) is 82.4 cm³/mol. The lowest BCUT2D eigenvalue weighted by Crippen LogP contribution is -2.29. The van der Waals surface area contributed by atoms with Crippen LogP contribution in [0.15, 0.2) is 24.3 Å². The quantitative estimate of drug-likeness (QED) is 0.604. The molecule has 1 rings (SSSR count). The van der Waals surface area contributed by atoms with Gasteiger partial charge in [-0.2, -0.15) is 0 Å². The first kappa shape index (κ1) is 17.0. The number of likely N-dealkylation sites (N-methyl/N-ethyl adjacent to an activating group) is 1. The molecule has 1 aromatic rings. The van der Waals surface area contributed by atoms with Crippen LogP contribution in [0.1, 0.15) is 6.42 Å². The van der Waals surface area contributed by atoms with E-state index in [2.05, 4.69) is 30.9 Å². The van der Waals surface area contributed by atoms with Gasteiger partial charge in [-0.15, -0.1) is 0 Å². The van der Waals surface area contributed by atoms with E-state index in [-0.39, 0.29) is 0 Å². The minimum Gasteiger partial charge on any atom is -0.492 e. The predicted octanol–water partition coefficient (Wildman–Crippen LogP) is -0.371. The molecule has 5 nitrogen and oxygen atoms in total.